The maximum Gasteiger partial charge on any atom is 0.252 e. The van der Waals surface area contributed by atoms with E-state index in [2.05, 4.69) is 20.4 Å². The van der Waals surface area contributed by atoms with Gasteiger partial charge in [0, 0.05) is 29.3 Å². The van der Waals surface area contributed by atoms with E-state index in [9.17, 15) is 9.18 Å². The highest BCUT2D eigenvalue weighted by molar-refractivity contribution is 5.95. The topological polar surface area (TPSA) is 81.9 Å². The lowest BCUT2D eigenvalue weighted by atomic mass is 9.86. The van der Waals surface area contributed by atoms with E-state index in [4.69, 9.17) is 4.74 Å². The monoisotopic (exact) mass is 457 g/mol. The third-order valence-electron chi connectivity index (χ3n) is 5.86. The Bertz CT molecular complexity index is 1340. The summed E-state index contributed by atoms with van der Waals surface area (Å²) in [6, 6.07) is 15.8. The molecule has 0 bridgehead atoms. The van der Waals surface area contributed by atoms with Gasteiger partial charge in [-0.1, -0.05) is 24.3 Å². The summed E-state index contributed by atoms with van der Waals surface area (Å²) in [6.07, 6.45) is 0.322. The largest absolute Gasteiger partial charge is 0.489 e. The van der Waals surface area contributed by atoms with Crippen molar-refractivity contribution in [2.24, 2.45) is 0 Å². The molecule has 1 unspecified atom stereocenters. The summed E-state index contributed by atoms with van der Waals surface area (Å²) >= 11 is 0. The van der Waals surface area contributed by atoms with Crippen LogP contribution in [0, 0.1) is 26.6 Å². The van der Waals surface area contributed by atoms with Gasteiger partial charge in [-0.05, 0) is 62.2 Å². The van der Waals surface area contributed by atoms with Gasteiger partial charge in [-0.25, -0.2) is 14.4 Å². The van der Waals surface area contributed by atoms with E-state index in [0.29, 0.717) is 30.5 Å². The van der Waals surface area contributed by atoms with Gasteiger partial charge in [0.15, 0.2) is 0 Å². The third kappa shape index (κ3) is 4.26. The van der Waals surface area contributed by atoms with Crippen LogP contribution < -0.4 is 10.1 Å². The lowest BCUT2D eigenvalue weighted by Crippen LogP contribution is -2.25. The van der Waals surface area contributed by atoms with Crippen LogP contribution in [0.3, 0.4) is 0 Å². The zero-order valence-corrected chi connectivity index (χ0v) is 19.2. The summed E-state index contributed by atoms with van der Waals surface area (Å²) in [7, 11) is 0. The van der Waals surface area contributed by atoms with Gasteiger partial charge in [-0.15, -0.1) is 0 Å². The summed E-state index contributed by atoms with van der Waals surface area (Å²) in [5, 5.41) is 7.64. The molecule has 1 aliphatic heterocycles. The van der Waals surface area contributed by atoms with Crippen molar-refractivity contribution >= 4 is 11.7 Å². The first-order valence-corrected chi connectivity index (χ1v) is 11.1. The lowest BCUT2D eigenvalue weighted by Gasteiger charge is -2.24. The molecule has 7 nitrogen and oxygen atoms in total. The van der Waals surface area contributed by atoms with E-state index < -0.39 is 0 Å². The van der Waals surface area contributed by atoms with Gasteiger partial charge in [-0.2, -0.15) is 9.78 Å². The van der Waals surface area contributed by atoms with Crippen molar-refractivity contribution in [1.82, 2.24) is 19.7 Å². The van der Waals surface area contributed by atoms with Crippen molar-refractivity contribution in [2.45, 2.75) is 39.7 Å². The van der Waals surface area contributed by atoms with Crippen molar-refractivity contribution < 1.29 is 13.9 Å². The zero-order valence-electron chi connectivity index (χ0n) is 19.2. The standard InChI is InChI=1S/C26H24FN5O2/c1-15-12-16(2)29-26(28-15)32-25-24(17(3)31-32)22(13-23(33)30-25)19-6-10-21(11-7-19)34-14-18-4-8-20(27)9-5-18/h4-12,22H,13-14H2,1-3H3,(H,30,33). The number of carbonyl (C=O) groups is 1. The van der Waals surface area contributed by atoms with Gasteiger partial charge >= 0.3 is 0 Å². The van der Waals surface area contributed by atoms with Gasteiger partial charge in [0.1, 0.15) is 24.0 Å². The minimum Gasteiger partial charge on any atom is -0.489 e. The van der Waals surface area contributed by atoms with Crippen molar-refractivity contribution in [3.05, 3.63) is 94.2 Å². The Morgan fingerprint density at radius 2 is 1.71 bits per heavy atom. The molecule has 4 aromatic rings. The van der Waals surface area contributed by atoms with Crippen LogP contribution in [0.15, 0.2) is 54.6 Å². The average molecular weight is 458 g/mol. The SMILES string of the molecule is Cc1cc(C)nc(-n2nc(C)c3c2NC(=O)CC3c2ccc(OCc3ccc(F)cc3)cc2)n1. The molecule has 0 saturated heterocycles. The number of aromatic nitrogens is 4. The van der Waals surface area contributed by atoms with Crippen LogP contribution in [0.25, 0.3) is 5.95 Å². The fraction of sp³-hybridized carbons (Fsp3) is 0.231. The van der Waals surface area contributed by atoms with E-state index in [-0.39, 0.29) is 17.6 Å². The van der Waals surface area contributed by atoms with E-state index >= 15 is 0 Å². The molecule has 172 valence electrons. The van der Waals surface area contributed by atoms with Gasteiger partial charge in [0.2, 0.25) is 5.91 Å². The molecule has 1 N–H and O–H groups in total. The number of aryl methyl sites for hydroxylation is 3. The number of rotatable bonds is 5. The van der Waals surface area contributed by atoms with Gasteiger partial charge < -0.3 is 10.1 Å². The molecule has 0 aliphatic carbocycles. The van der Waals surface area contributed by atoms with E-state index in [1.807, 2.05) is 51.1 Å². The number of anilines is 1. The molecule has 1 atom stereocenters. The predicted molar refractivity (Wildman–Crippen MR) is 126 cm³/mol. The molecule has 3 heterocycles. The number of halogens is 1. The number of hydrogen-bond donors (Lipinski definition) is 1. The molecular weight excluding hydrogens is 433 g/mol. The van der Waals surface area contributed by atoms with Crippen LogP contribution in [0.2, 0.25) is 0 Å². The number of nitrogens with one attached hydrogen (secondary N) is 1. The van der Waals surface area contributed by atoms with E-state index in [0.717, 1.165) is 33.8 Å². The van der Waals surface area contributed by atoms with Crippen LogP contribution >= 0.6 is 0 Å². The Kier molecular flexibility index (Phi) is 5.57. The number of hydrogen-bond acceptors (Lipinski definition) is 5. The Hall–Kier alpha value is -4.07. The predicted octanol–water partition coefficient (Wildman–Crippen LogP) is 4.78. The van der Waals surface area contributed by atoms with Gasteiger partial charge in [-0.3, -0.25) is 4.79 Å². The molecule has 2 aromatic carbocycles. The summed E-state index contributed by atoms with van der Waals surface area (Å²) in [5.74, 6) is 1.25. The van der Waals surface area contributed by atoms with Crippen LogP contribution in [0.5, 0.6) is 5.75 Å². The van der Waals surface area contributed by atoms with Gasteiger partial charge in [0.05, 0.1) is 5.69 Å². The second kappa shape index (κ2) is 8.70. The number of ether oxygens (including phenoxy) is 1. The Labute approximate surface area is 196 Å². The summed E-state index contributed by atoms with van der Waals surface area (Å²) in [6.45, 7) is 6.09. The lowest BCUT2D eigenvalue weighted by molar-refractivity contribution is -0.116. The minimum atomic E-state index is -0.272. The van der Waals surface area contributed by atoms with Crippen LogP contribution in [0.1, 0.15) is 46.1 Å². The molecular formula is C26H24FN5O2. The molecule has 8 heteroatoms. The molecule has 1 amide bonds. The van der Waals surface area contributed by atoms with E-state index in [1.54, 1.807) is 16.8 Å². The highest BCUT2D eigenvalue weighted by atomic mass is 19.1. The smallest absolute Gasteiger partial charge is 0.252 e. The van der Waals surface area contributed by atoms with Crippen LogP contribution in [-0.2, 0) is 11.4 Å². The molecule has 0 fully saturated rings. The molecule has 5 rings (SSSR count). The summed E-state index contributed by atoms with van der Waals surface area (Å²) in [4.78, 5) is 21.7. The number of nitrogens with zero attached hydrogens (tertiary/aromatic N) is 4. The zero-order chi connectivity index (χ0) is 23.8. The second-order valence-corrected chi connectivity index (χ2v) is 8.50. The highest BCUT2D eigenvalue weighted by Gasteiger charge is 2.33. The molecule has 0 spiro atoms. The number of amides is 1. The van der Waals surface area contributed by atoms with Crippen LogP contribution in [-0.4, -0.2) is 25.7 Å². The molecule has 34 heavy (non-hydrogen) atoms. The number of carbonyl (C=O) groups excluding carboxylic acids is 1. The first-order chi connectivity index (χ1) is 16.4. The maximum atomic E-state index is 13.1. The third-order valence-corrected chi connectivity index (χ3v) is 5.86. The summed E-state index contributed by atoms with van der Waals surface area (Å²) < 4.78 is 20.5. The van der Waals surface area contributed by atoms with E-state index in [1.165, 1.54) is 12.1 Å². The van der Waals surface area contributed by atoms with Gasteiger partial charge in [0.25, 0.3) is 5.95 Å². The quantitative estimate of drug-likeness (QED) is 0.466. The maximum absolute atomic E-state index is 13.1. The molecule has 1 aliphatic rings. The van der Waals surface area contributed by atoms with Crippen molar-refractivity contribution in [1.29, 1.82) is 0 Å². The fourth-order valence-corrected chi connectivity index (χ4v) is 4.32. The van der Waals surface area contributed by atoms with Crippen molar-refractivity contribution in [3.8, 4) is 11.7 Å². The first kappa shape index (κ1) is 21.8. The normalized spacial score (nSPS) is 15.1. The highest BCUT2D eigenvalue weighted by Crippen LogP contribution is 2.40. The number of fused-ring (bicyclic) bond motifs is 1. The Morgan fingerprint density at radius 3 is 2.38 bits per heavy atom. The first-order valence-electron chi connectivity index (χ1n) is 11.1. The van der Waals surface area contributed by atoms with Crippen molar-refractivity contribution in [2.75, 3.05) is 5.32 Å². The Balaban J connectivity index is 1.42. The number of benzene rings is 2. The molecule has 2 aromatic heterocycles. The molecule has 0 radical (unpaired) electrons. The molecule has 0 saturated carbocycles. The Morgan fingerprint density at radius 1 is 1.03 bits per heavy atom. The summed E-state index contributed by atoms with van der Waals surface area (Å²) in [5.41, 5.74) is 5.32. The fourth-order valence-electron chi connectivity index (χ4n) is 4.32. The average Bonchev–Trinajstić information content (AvgIpc) is 3.14. The van der Waals surface area contributed by atoms with Crippen molar-refractivity contribution in [3.63, 3.8) is 0 Å². The van der Waals surface area contributed by atoms with Crippen LogP contribution in [0.4, 0.5) is 10.2 Å². The second-order valence-electron chi connectivity index (χ2n) is 8.50. The minimum absolute atomic E-state index is 0.0836.